The minimum Gasteiger partial charge on any atom is -0.490 e. The first-order chi connectivity index (χ1) is 15.0. The van der Waals surface area contributed by atoms with Crippen molar-refractivity contribution in [2.24, 2.45) is 0 Å². The predicted octanol–water partition coefficient (Wildman–Crippen LogP) is 5.00. The Labute approximate surface area is 189 Å². The van der Waals surface area contributed by atoms with Crippen LogP contribution in [0.1, 0.15) is 20.7 Å². The summed E-state index contributed by atoms with van der Waals surface area (Å²) in [5.74, 6) is 0.179. The van der Waals surface area contributed by atoms with Crippen molar-refractivity contribution in [1.29, 1.82) is 0 Å². The van der Waals surface area contributed by atoms with Crippen LogP contribution in [0.3, 0.4) is 0 Å². The second-order valence-corrected chi connectivity index (χ2v) is 7.58. The summed E-state index contributed by atoms with van der Waals surface area (Å²) in [5, 5.41) is 2.84. The van der Waals surface area contributed by atoms with E-state index in [4.69, 9.17) is 9.47 Å². The van der Waals surface area contributed by atoms with E-state index in [0.29, 0.717) is 40.3 Å². The first kappa shape index (κ1) is 22.5. The normalized spacial score (nSPS) is 10.4. The van der Waals surface area contributed by atoms with Gasteiger partial charge in [-0.15, -0.1) is 0 Å². The van der Waals surface area contributed by atoms with Crippen LogP contribution in [-0.2, 0) is 4.74 Å². The molecule has 0 fully saturated rings. The molecule has 0 radical (unpaired) electrons. The number of methoxy groups -OCH3 is 1. The third-order valence-corrected chi connectivity index (χ3v) is 5.17. The van der Waals surface area contributed by atoms with Gasteiger partial charge in [0, 0.05) is 36.7 Å². The number of anilines is 2. The van der Waals surface area contributed by atoms with Crippen molar-refractivity contribution in [2.75, 3.05) is 37.6 Å². The van der Waals surface area contributed by atoms with Gasteiger partial charge in [-0.25, -0.2) is 0 Å². The molecule has 7 heteroatoms. The molecule has 3 rings (SSSR count). The highest BCUT2D eigenvalue weighted by molar-refractivity contribution is 9.10. The lowest BCUT2D eigenvalue weighted by Gasteiger charge is -2.17. The first-order valence-electron chi connectivity index (χ1n) is 9.65. The molecule has 3 aromatic rings. The monoisotopic (exact) mass is 482 g/mol. The third kappa shape index (κ3) is 5.93. The van der Waals surface area contributed by atoms with Crippen molar-refractivity contribution in [2.45, 2.75) is 0 Å². The van der Waals surface area contributed by atoms with Crippen LogP contribution in [0.4, 0.5) is 11.4 Å². The Bertz CT molecular complexity index is 1060. The third-order valence-electron chi connectivity index (χ3n) is 4.55. The highest BCUT2D eigenvalue weighted by Crippen LogP contribution is 2.26. The van der Waals surface area contributed by atoms with E-state index >= 15 is 0 Å². The lowest BCUT2D eigenvalue weighted by Crippen LogP contribution is -2.26. The number of nitrogens with zero attached hydrogens (tertiary/aromatic N) is 1. The lowest BCUT2D eigenvalue weighted by atomic mass is 10.1. The molecule has 6 nitrogen and oxygen atoms in total. The quantitative estimate of drug-likeness (QED) is 0.458. The van der Waals surface area contributed by atoms with Crippen molar-refractivity contribution >= 4 is 39.1 Å². The van der Waals surface area contributed by atoms with Crippen molar-refractivity contribution in [3.63, 3.8) is 0 Å². The molecule has 1 N–H and O–H groups in total. The Kier molecular flexibility index (Phi) is 7.81. The molecule has 0 saturated heterocycles. The van der Waals surface area contributed by atoms with Crippen LogP contribution in [-0.4, -0.2) is 39.2 Å². The topological polar surface area (TPSA) is 67.9 Å². The zero-order valence-corrected chi connectivity index (χ0v) is 18.9. The molecule has 0 saturated carbocycles. The maximum Gasteiger partial charge on any atom is 0.258 e. The minimum absolute atomic E-state index is 0.164. The Morgan fingerprint density at radius 2 is 1.71 bits per heavy atom. The molecule has 31 heavy (non-hydrogen) atoms. The van der Waals surface area contributed by atoms with Gasteiger partial charge < -0.3 is 19.7 Å². The highest BCUT2D eigenvalue weighted by Gasteiger charge is 2.15. The van der Waals surface area contributed by atoms with Crippen molar-refractivity contribution < 1.29 is 19.1 Å². The number of halogens is 1. The number of benzene rings is 3. The molecule has 160 valence electrons. The highest BCUT2D eigenvalue weighted by atomic mass is 79.9. The zero-order valence-electron chi connectivity index (χ0n) is 17.3. The van der Waals surface area contributed by atoms with Crippen LogP contribution in [0, 0.1) is 0 Å². The number of amides is 2. The number of carbonyl (C=O) groups is 2. The average Bonchev–Trinajstić information content (AvgIpc) is 2.80. The number of rotatable bonds is 8. The standard InChI is InChI=1S/C24H23BrN2O4/c1-27(20-9-4-3-5-10-20)24(29)18-7-6-8-19(15-18)26-23(28)17-11-12-22(21(25)16-17)31-14-13-30-2/h3-12,15-16H,13-14H2,1-2H3,(H,26,28). The van der Waals surface area contributed by atoms with Crippen LogP contribution in [0.25, 0.3) is 0 Å². The van der Waals surface area contributed by atoms with E-state index in [9.17, 15) is 9.59 Å². The Morgan fingerprint density at radius 3 is 2.42 bits per heavy atom. The van der Waals surface area contributed by atoms with E-state index in [-0.39, 0.29) is 11.8 Å². The van der Waals surface area contributed by atoms with E-state index in [1.165, 1.54) is 0 Å². The summed E-state index contributed by atoms with van der Waals surface area (Å²) in [6.07, 6.45) is 0. The van der Waals surface area contributed by atoms with Gasteiger partial charge in [-0.3, -0.25) is 9.59 Å². The molecular weight excluding hydrogens is 460 g/mol. The van der Waals surface area contributed by atoms with Gasteiger partial charge in [0.25, 0.3) is 11.8 Å². The fourth-order valence-electron chi connectivity index (χ4n) is 2.89. The summed E-state index contributed by atoms with van der Waals surface area (Å²) in [6.45, 7) is 0.891. The molecule has 0 atom stereocenters. The zero-order chi connectivity index (χ0) is 22.2. The minimum atomic E-state index is -0.287. The maximum atomic E-state index is 12.8. The molecule has 2 amide bonds. The predicted molar refractivity (Wildman–Crippen MR) is 125 cm³/mol. The lowest BCUT2D eigenvalue weighted by molar-refractivity contribution is 0.0990. The molecule has 0 spiro atoms. The number of ether oxygens (including phenoxy) is 2. The Morgan fingerprint density at radius 1 is 0.935 bits per heavy atom. The summed E-state index contributed by atoms with van der Waals surface area (Å²) in [4.78, 5) is 27.1. The van der Waals surface area contributed by atoms with Gasteiger partial charge in [0.2, 0.25) is 0 Å². The second kappa shape index (κ2) is 10.7. The molecule has 0 unspecified atom stereocenters. The number of para-hydroxylation sites is 1. The van der Waals surface area contributed by atoms with Crippen molar-refractivity contribution in [3.8, 4) is 5.75 Å². The van der Waals surface area contributed by atoms with Gasteiger partial charge in [0.1, 0.15) is 12.4 Å². The molecular formula is C24H23BrN2O4. The fourth-order valence-corrected chi connectivity index (χ4v) is 3.38. The molecule has 0 aliphatic rings. The van der Waals surface area contributed by atoms with Crippen LogP contribution >= 0.6 is 15.9 Å². The summed E-state index contributed by atoms with van der Waals surface area (Å²) in [7, 11) is 3.32. The van der Waals surface area contributed by atoms with Crippen LogP contribution in [0.15, 0.2) is 77.3 Å². The molecule has 0 heterocycles. The molecule has 0 aliphatic carbocycles. The van der Waals surface area contributed by atoms with Gasteiger partial charge in [0.15, 0.2) is 0 Å². The number of hydrogen-bond acceptors (Lipinski definition) is 4. The Hall–Kier alpha value is -3.16. The van der Waals surface area contributed by atoms with Gasteiger partial charge in [-0.1, -0.05) is 24.3 Å². The van der Waals surface area contributed by atoms with Gasteiger partial charge >= 0.3 is 0 Å². The van der Waals surface area contributed by atoms with E-state index in [1.54, 1.807) is 61.5 Å². The molecule has 0 bridgehead atoms. The van der Waals surface area contributed by atoms with E-state index in [0.717, 1.165) is 5.69 Å². The van der Waals surface area contributed by atoms with Crippen LogP contribution in [0.5, 0.6) is 5.75 Å². The van der Waals surface area contributed by atoms with Gasteiger partial charge in [-0.05, 0) is 64.5 Å². The van der Waals surface area contributed by atoms with Crippen LogP contribution in [0.2, 0.25) is 0 Å². The summed E-state index contributed by atoms with van der Waals surface area (Å²) in [6, 6.07) is 21.3. The summed E-state index contributed by atoms with van der Waals surface area (Å²) < 4.78 is 11.2. The largest absolute Gasteiger partial charge is 0.490 e. The number of carbonyl (C=O) groups excluding carboxylic acids is 2. The second-order valence-electron chi connectivity index (χ2n) is 6.72. The summed E-state index contributed by atoms with van der Waals surface area (Å²) >= 11 is 3.43. The smallest absolute Gasteiger partial charge is 0.258 e. The molecule has 0 aliphatic heterocycles. The molecule has 0 aromatic heterocycles. The number of hydrogen-bond donors (Lipinski definition) is 1. The van der Waals surface area contributed by atoms with Crippen molar-refractivity contribution in [1.82, 2.24) is 0 Å². The first-order valence-corrected chi connectivity index (χ1v) is 10.4. The molecule has 3 aromatic carbocycles. The van der Waals surface area contributed by atoms with Crippen LogP contribution < -0.4 is 15.0 Å². The Balaban J connectivity index is 1.70. The van der Waals surface area contributed by atoms with Gasteiger partial charge in [-0.2, -0.15) is 0 Å². The van der Waals surface area contributed by atoms with E-state index in [1.807, 2.05) is 30.3 Å². The van der Waals surface area contributed by atoms with E-state index < -0.39 is 0 Å². The van der Waals surface area contributed by atoms with Crippen molar-refractivity contribution in [3.05, 3.63) is 88.4 Å². The maximum absolute atomic E-state index is 12.8. The van der Waals surface area contributed by atoms with E-state index in [2.05, 4.69) is 21.2 Å². The SMILES string of the molecule is COCCOc1ccc(C(=O)Nc2cccc(C(=O)N(C)c3ccccc3)c2)cc1Br. The van der Waals surface area contributed by atoms with Gasteiger partial charge in [0.05, 0.1) is 11.1 Å². The summed E-state index contributed by atoms with van der Waals surface area (Å²) in [5.41, 5.74) is 2.27. The fraction of sp³-hybridized carbons (Fsp3) is 0.167. The number of nitrogens with one attached hydrogen (secondary N) is 1. The average molecular weight is 483 g/mol.